The molecule has 0 aliphatic carbocycles. The number of aliphatic carboxylic acids is 1. The zero-order chi connectivity index (χ0) is 22.3. The molecule has 31 heavy (non-hydrogen) atoms. The van der Waals surface area contributed by atoms with Crippen LogP contribution in [-0.2, 0) is 4.79 Å². The molecule has 1 aliphatic rings. The first kappa shape index (κ1) is 20.7. The molecule has 1 unspecified atom stereocenters. The van der Waals surface area contributed by atoms with Crippen molar-refractivity contribution >= 4 is 22.4 Å². The van der Waals surface area contributed by atoms with E-state index in [1.165, 1.54) is 0 Å². The van der Waals surface area contributed by atoms with Crippen LogP contribution in [0.5, 0.6) is 23.0 Å². The number of benzene rings is 3. The van der Waals surface area contributed by atoms with Gasteiger partial charge in [-0.15, -0.1) is 0 Å². The molecule has 4 rings (SSSR count). The van der Waals surface area contributed by atoms with Crippen LogP contribution in [0.2, 0.25) is 0 Å². The molecule has 3 aromatic carbocycles. The van der Waals surface area contributed by atoms with Crippen molar-refractivity contribution in [3.8, 4) is 34.1 Å². The number of anilines is 1. The molecular weight excluding hydrogens is 398 g/mol. The number of carboxylic acids is 1. The van der Waals surface area contributed by atoms with Gasteiger partial charge in [-0.05, 0) is 35.2 Å². The van der Waals surface area contributed by atoms with E-state index in [1.54, 1.807) is 28.4 Å². The zero-order valence-electron chi connectivity index (χ0n) is 18.2. The van der Waals surface area contributed by atoms with Crippen molar-refractivity contribution in [2.75, 3.05) is 40.4 Å². The Bertz CT molecular complexity index is 1170. The number of carbonyl (C=O) groups is 1. The molecule has 1 aliphatic heterocycles. The van der Waals surface area contributed by atoms with Crippen LogP contribution in [0, 0.1) is 0 Å². The normalized spacial score (nSPS) is 14.6. The van der Waals surface area contributed by atoms with Crippen molar-refractivity contribution in [3.63, 3.8) is 0 Å². The molecule has 0 radical (unpaired) electrons. The topological polar surface area (TPSA) is 77.5 Å². The maximum absolute atomic E-state index is 11.8. The lowest BCUT2D eigenvalue weighted by atomic mass is 9.84. The number of rotatable bonds is 6. The highest BCUT2D eigenvalue weighted by molar-refractivity contribution is 6.06. The van der Waals surface area contributed by atoms with E-state index in [0.29, 0.717) is 23.0 Å². The molecule has 162 valence electrons. The second-order valence-electron chi connectivity index (χ2n) is 7.38. The summed E-state index contributed by atoms with van der Waals surface area (Å²) in [7, 11) is 8.26. The van der Waals surface area contributed by atoms with Gasteiger partial charge >= 0.3 is 5.97 Å². The van der Waals surface area contributed by atoms with E-state index in [1.807, 2.05) is 48.3 Å². The maximum atomic E-state index is 11.8. The number of methoxy groups -OCH3 is 4. The number of fused-ring (bicyclic) bond motifs is 5. The van der Waals surface area contributed by atoms with Crippen LogP contribution in [0.1, 0.15) is 18.0 Å². The van der Waals surface area contributed by atoms with Gasteiger partial charge in [0.15, 0.2) is 23.0 Å². The Hall–Kier alpha value is -3.61. The van der Waals surface area contributed by atoms with Crippen molar-refractivity contribution in [2.45, 2.75) is 12.5 Å². The van der Waals surface area contributed by atoms with E-state index in [0.717, 1.165) is 33.2 Å². The molecule has 0 saturated carbocycles. The maximum Gasteiger partial charge on any atom is 0.305 e. The lowest BCUT2D eigenvalue weighted by Gasteiger charge is -2.39. The third-order valence-corrected chi connectivity index (χ3v) is 5.89. The number of hydrogen-bond donors (Lipinski definition) is 1. The summed E-state index contributed by atoms with van der Waals surface area (Å²) in [6.45, 7) is 0. The predicted molar refractivity (Wildman–Crippen MR) is 119 cm³/mol. The van der Waals surface area contributed by atoms with E-state index in [9.17, 15) is 9.90 Å². The summed E-state index contributed by atoms with van der Waals surface area (Å²) in [6.07, 6.45) is -0.0872. The Morgan fingerprint density at radius 3 is 2.16 bits per heavy atom. The van der Waals surface area contributed by atoms with E-state index in [-0.39, 0.29) is 6.42 Å². The highest BCUT2D eigenvalue weighted by atomic mass is 16.5. The first-order chi connectivity index (χ1) is 14.9. The van der Waals surface area contributed by atoms with Gasteiger partial charge in [0.05, 0.1) is 46.6 Å². The number of carboxylic acid groups (broad SMARTS) is 1. The third kappa shape index (κ3) is 3.17. The second kappa shape index (κ2) is 7.91. The summed E-state index contributed by atoms with van der Waals surface area (Å²) in [4.78, 5) is 13.8. The molecule has 0 amide bonds. The largest absolute Gasteiger partial charge is 0.493 e. The SMILES string of the molecule is COc1cc2ccc3c(c2cc1OC)N(C)C(CC(=O)O)c1c-3ccc(OC)c1OC. The average molecular weight is 423 g/mol. The van der Waals surface area contributed by atoms with Crippen molar-refractivity contribution in [1.29, 1.82) is 0 Å². The van der Waals surface area contributed by atoms with E-state index >= 15 is 0 Å². The summed E-state index contributed by atoms with van der Waals surface area (Å²) < 4.78 is 22.1. The van der Waals surface area contributed by atoms with Gasteiger partial charge in [0.1, 0.15) is 0 Å². The molecule has 1 heterocycles. The molecule has 3 aromatic rings. The molecule has 0 saturated heterocycles. The van der Waals surface area contributed by atoms with Crippen LogP contribution in [0.3, 0.4) is 0 Å². The summed E-state index contributed by atoms with van der Waals surface area (Å²) in [6, 6.07) is 11.3. The van der Waals surface area contributed by atoms with Gasteiger partial charge in [0, 0.05) is 23.6 Å². The van der Waals surface area contributed by atoms with Crippen LogP contribution in [0.25, 0.3) is 21.9 Å². The van der Waals surface area contributed by atoms with Gasteiger partial charge in [-0.3, -0.25) is 4.79 Å². The molecule has 0 aromatic heterocycles. The highest BCUT2D eigenvalue weighted by Gasteiger charge is 2.35. The van der Waals surface area contributed by atoms with Gasteiger partial charge in [-0.1, -0.05) is 12.1 Å². The Kier molecular flexibility index (Phi) is 5.27. The molecule has 1 N–H and O–H groups in total. The fourth-order valence-corrected chi connectivity index (χ4v) is 4.50. The van der Waals surface area contributed by atoms with Crippen molar-refractivity contribution in [2.24, 2.45) is 0 Å². The molecule has 7 heteroatoms. The fourth-order valence-electron chi connectivity index (χ4n) is 4.50. The third-order valence-electron chi connectivity index (χ3n) is 5.89. The molecule has 0 bridgehead atoms. The minimum atomic E-state index is -0.893. The fraction of sp³-hybridized carbons (Fsp3) is 0.292. The molecule has 7 nitrogen and oxygen atoms in total. The second-order valence-corrected chi connectivity index (χ2v) is 7.38. The average Bonchev–Trinajstić information content (AvgIpc) is 2.78. The van der Waals surface area contributed by atoms with Crippen LogP contribution in [-0.4, -0.2) is 46.6 Å². The Morgan fingerprint density at radius 2 is 1.55 bits per heavy atom. The minimum Gasteiger partial charge on any atom is -0.493 e. The monoisotopic (exact) mass is 423 g/mol. The highest BCUT2D eigenvalue weighted by Crippen LogP contribution is 2.53. The first-order valence-corrected chi connectivity index (χ1v) is 9.83. The Balaban J connectivity index is 2.08. The lowest BCUT2D eigenvalue weighted by Crippen LogP contribution is -2.31. The first-order valence-electron chi connectivity index (χ1n) is 9.83. The van der Waals surface area contributed by atoms with Crippen molar-refractivity contribution in [3.05, 3.63) is 42.0 Å². The standard InChI is InChI=1S/C24H25NO6/c1-25-17(12-21(26)27)22-14(8-9-18(28-2)24(22)31-5)15-7-6-13-10-19(29-3)20(30-4)11-16(13)23(15)25/h6-11,17H,12H2,1-5H3,(H,26,27). The van der Waals surface area contributed by atoms with Gasteiger partial charge in [0.25, 0.3) is 0 Å². The van der Waals surface area contributed by atoms with Crippen LogP contribution in [0.4, 0.5) is 5.69 Å². The molecule has 0 fully saturated rings. The minimum absolute atomic E-state index is 0.0872. The molecule has 1 atom stereocenters. The molecule has 0 spiro atoms. The van der Waals surface area contributed by atoms with Crippen molar-refractivity contribution < 1.29 is 28.8 Å². The van der Waals surface area contributed by atoms with Gasteiger partial charge in [-0.25, -0.2) is 0 Å². The van der Waals surface area contributed by atoms with Crippen molar-refractivity contribution in [1.82, 2.24) is 0 Å². The van der Waals surface area contributed by atoms with E-state index in [2.05, 4.69) is 0 Å². The van der Waals surface area contributed by atoms with Crippen LogP contribution < -0.4 is 23.8 Å². The zero-order valence-corrected chi connectivity index (χ0v) is 18.2. The summed E-state index contributed by atoms with van der Waals surface area (Å²) in [5, 5.41) is 11.6. The van der Waals surface area contributed by atoms with Gasteiger partial charge in [0.2, 0.25) is 0 Å². The number of nitrogens with zero attached hydrogens (tertiary/aromatic N) is 1. The molecular formula is C24H25NO6. The summed E-state index contributed by atoms with van der Waals surface area (Å²) >= 11 is 0. The number of ether oxygens (including phenoxy) is 4. The predicted octanol–water partition coefficient (Wildman–Crippen LogP) is 4.51. The van der Waals surface area contributed by atoms with Gasteiger partial charge < -0.3 is 29.0 Å². The van der Waals surface area contributed by atoms with Crippen LogP contribution in [0.15, 0.2) is 36.4 Å². The smallest absolute Gasteiger partial charge is 0.305 e. The summed E-state index contributed by atoms with van der Waals surface area (Å²) in [5.41, 5.74) is 3.65. The quantitative estimate of drug-likeness (QED) is 0.625. The Labute approximate surface area is 180 Å². The van der Waals surface area contributed by atoms with E-state index < -0.39 is 12.0 Å². The lowest BCUT2D eigenvalue weighted by molar-refractivity contribution is -0.137. The Morgan fingerprint density at radius 1 is 0.903 bits per heavy atom. The van der Waals surface area contributed by atoms with Crippen LogP contribution >= 0.6 is 0 Å². The number of hydrogen-bond acceptors (Lipinski definition) is 6. The summed E-state index contributed by atoms with van der Waals surface area (Å²) in [5.74, 6) is 1.49. The van der Waals surface area contributed by atoms with Gasteiger partial charge in [-0.2, -0.15) is 0 Å². The van der Waals surface area contributed by atoms with E-state index in [4.69, 9.17) is 18.9 Å².